The number of nitrogens with two attached hydrogens (primary N) is 1. The van der Waals surface area contributed by atoms with Gasteiger partial charge >= 0.3 is 0 Å². The molecule has 0 fully saturated rings. The Hall–Kier alpha value is -3.44. The molecule has 1 aromatic heterocycles. The van der Waals surface area contributed by atoms with E-state index in [-0.39, 0.29) is 5.91 Å². The van der Waals surface area contributed by atoms with Crippen LogP contribution in [0.4, 0.5) is 5.13 Å². The highest BCUT2D eigenvalue weighted by Gasteiger charge is 2.24. The van der Waals surface area contributed by atoms with Crippen LogP contribution in [0.3, 0.4) is 0 Å². The minimum atomic E-state index is -0.0641. The van der Waals surface area contributed by atoms with Gasteiger partial charge in [-0.05, 0) is 11.1 Å². The fraction of sp³-hybridized carbons (Fsp3) is 0.0833. The lowest BCUT2D eigenvalue weighted by Crippen LogP contribution is -2.30. The van der Waals surface area contributed by atoms with Crippen LogP contribution in [0.5, 0.6) is 0 Å². The molecule has 4 rings (SSSR count). The van der Waals surface area contributed by atoms with Gasteiger partial charge in [-0.2, -0.15) is 0 Å². The lowest BCUT2D eigenvalue weighted by Gasteiger charge is -2.23. The number of rotatable bonds is 6. The van der Waals surface area contributed by atoms with Crippen LogP contribution in [0.1, 0.15) is 20.8 Å². The monoisotopic (exact) mass is 399 g/mol. The summed E-state index contributed by atoms with van der Waals surface area (Å²) in [7, 11) is 0. The summed E-state index contributed by atoms with van der Waals surface area (Å²) >= 11 is 1.24. The van der Waals surface area contributed by atoms with Crippen molar-refractivity contribution in [3.63, 3.8) is 0 Å². The van der Waals surface area contributed by atoms with E-state index >= 15 is 0 Å². The predicted molar refractivity (Wildman–Crippen MR) is 118 cm³/mol. The summed E-state index contributed by atoms with van der Waals surface area (Å²) in [6.07, 6.45) is 0. The van der Waals surface area contributed by atoms with Gasteiger partial charge in [-0.15, -0.1) is 0 Å². The number of anilines is 1. The van der Waals surface area contributed by atoms with E-state index in [1.54, 1.807) is 0 Å². The molecule has 0 atom stereocenters. The molecule has 3 aromatic carbocycles. The van der Waals surface area contributed by atoms with Crippen molar-refractivity contribution >= 4 is 22.4 Å². The molecular weight excluding hydrogens is 378 g/mol. The van der Waals surface area contributed by atoms with Gasteiger partial charge in [0.15, 0.2) is 5.13 Å². The van der Waals surface area contributed by atoms with Gasteiger partial charge in [0.2, 0.25) is 0 Å². The van der Waals surface area contributed by atoms with Crippen LogP contribution < -0.4 is 5.73 Å². The first-order valence-corrected chi connectivity index (χ1v) is 10.2. The molecule has 0 aliphatic heterocycles. The molecule has 29 heavy (non-hydrogen) atoms. The quantitative estimate of drug-likeness (QED) is 0.483. The van der Waals surface area contributed by atoms with Gasteiger partial charge in [-0.1, -0.05) is 102 Å². The zero-order valence-electron chi connectivity index (χ0n) is 15.9. The fourth-order valence-electron chi connectivity index (χ4n) is 3.22. The van der Waals surface area contributed by atoms with Crippen LogP contribution in [-0.2, 0) is 13.1 Å². The predicted octanol–water partition coefficient (Wildman–Crippen LogP) is 5.23. The number of hydrogen-bond donors (Lipinski definition) is 1. The molecule has 0 radical (unpaired) electrons. The lowest BCUT2D eigenvalue weighted by molar-refractivity contribution is 0.0735. The van der Waals surface area contributed by atoms with E-state index < -0.39 is 0 Å². The maximum atomic E-state index is 13.6. The average Bonchev–Trinajstić information content (AvgIpc) is 3.16. The molecule has 144 valence electrons. The summed E-state index contributed by atoms with van der Waals surface area (Å²) in [5.74, 6) is -0.0641. The number of carbonyl (C=O) groups is 1. The van der Waals surface area contributed by atoms with E-state index in [1.807, 2.05) is 95.9 Å². The van der Waals surface area contributed by atoms with Crippen LogP contribution in [-0.4, -0.2) is 15.8 Å². The zero-order chi connectivity index (χ0) is 20.1. The number of nitrogens with zero attached hydrogens (tertiary/aromatic N) is 2. The molecule has 4 aromatic rings. The number of aromatic nitrogens is 1. The summed E-state index contributed by atoms with van der Waals surface area (Å²) < 4.78 is 0. The number of benzene rings is 3. The van der Waals surface area contributed by atoms with Crippen molar-refractivity contribution in [3.05, 3.63) is 107 Å². The second kappa shape index (κ2) is 8.71. The SMILES string of the molecule is Nc1nc(-c2ccccc2)c(C(=O)N(Cc2ccccc2)Cc2ccccc2)s1. The number of thiazole rings is 1. The maximum absolute atomic E-state index is 13.6. The van der Waals surface area contributed by atoms with Crippen LogP contribution in [0, 0.1) is 0 Å². The Morgan fingerprint density at radius 1 is 0.793 bits per heavy atom. The molecule has 2 N–H and O–H groups in total. The second-order valence-electron chi connectivity index (χ2n) is 6.73. The largest absolute Gasteiger partial charge is 0.375 e. The van der Waals surface area contributed by atoms with Crippen LogP contribution in [0.25, 0.3) is 11.3 Å². The number of nitrogen functional groups attached to an aromatic ring is 1. The number of amides is 1. The summed E-state index contributed by atoms with van der Waals surface area (Å²) in [6, 6.07) is 29.7. The first-order chi connectivity index (χ1) is 14.2. The summed E-state index contributed by atoms with van der Waals surface area (Å²) in [4.78, 5) is 20.5. The minimum Gasteiger partial charge on any atom is -0.375 e. The lowest BCUT2D eigenvalue weighted by atomic mass is 10.1. The Bertz CT molecular complexity index is 1040. The first kappa shape index (κ1) is 18.9. The standard InChI is InChI=1S/C24H21N3OS/c25-24-26-21(20-14-8-3-9-15-20)22(29-24)23(28)27(16-18-10-4-1-5-11-18)17-19-12-6-2-7-13-19/h1-15H,16-17H2,(H2,25,26). The highest BCUT2D eigenvalue weighted by molar-refractivity contribution is 7.17. The van der Waals surface area contributed by atoms with E-state index in [1.165, 1.54) is 11.3 Å². The molecule has 0 unspecified atom stereocenters. The van der Waals surface area contributed by atoms with Crippen LogP contribution in [0.15, 0.2) is 91.0 Å². The Balaban J connectivity index is 1.70. The fourth-order valence-corrected chi connectivity index (χ4v) is 4.05. The molecular formula is C24H21N3OS. The molecule has 0 saturated heterocycles. The third-order valence-electron chi connectivity index (χ3n) is 4.60. The van der Waals surface area contributed by atoms with Crippen molar-refractivity contribution in [3.8, 4) is 11.3 Å². The molecule has 5 heteroatoms. The van der Waals surface area contributed by atoms with Gasteiger partial charge in [0.05, 0.1) is 5.69 Å². The summed E-state index contributed by atoms with van der Waals surface area (Å²) in [6.45, 7) is 1.03. The average molecular weight is 400 g/mol. The van der Waals surface area contributed by atoms with E-state index in [0.29, 0.717) is 28.8 Å². The van der Waals surface area contributed by atoms with Gasteiger partial charge in [-0.3, -0.25) is 4.79 Å². The molecule has 1 heterocycles. The highest BCUT2D eigenvalue weighted by atomic mass is 32.1. The Morgan fingerprint density at radius 2 is 1.28 bits per heavy atom. The molecule has 1 amide bonds. The molecule has 0 aliphatic rings. The molecule has 0 saturated carbocycles. The Morgan fingerprint density at radius 3 is 1.79 bits per heavy atom. The highest BCUT2D eigenvalue weighted by Crippen LogP contribution is 2.31. The molecule has 0 bridgehead atoms. The molecule has 0 aliphatic carbocycles. The van der Waals surface area contributed by atoms with Gasteiger partial charge < -0.3 is 10.6 Å². The number of hydrogen-bond acceptors (Lipinski definition) is 4. The third kappa shape index (κ3) is 4.52. The molecule has 0 spiro atoms. The van der Waals surface area contributed by atoms with Crippen molar-refractivity contribution in [1.82, 2.24) is 9.88 Å². The van der Waals surface area contributed by atoms with Crippen molar-refractivity contribution in [2.75, 3.05) is 5.73 Å². The van der Waals surface area contributed by atoms with Crippen LogP contribution >= 0.6 is 11.3 Å². The summed E-state index contributed by atoms with van der Waals surface area (Å²) in [5.41, 5.74) is 9.69. The summed E-state index contributed by atoms with van der Waals surface area (Å²) in [5, 5.41) is 0.395. The normalized spacial score (nSPS) is 10.6. The van der Waals surface area contributed by atoms with E-state index in [0.717, 1.165) is 16.7 Å². The van der Waals surface area contributed by atoms with E-state index in [9.17, 15) is 4.79 Å². The molecule has 4 nitrogen and oxygen atoms in total. The van der Waals surface area contributed by atoms with E-state index in [4.69, 9.17) is 5.73 Å². The third-order valence-corrected chi connectivity index (χ3v) is 5.48. The van der Waals surface area contributed by atoms with Crippen LogP contribution in [0.2, 0.25) is 0 Å². The van der Waals surface area contributed by atoms with E-state index in [2.05, 4.69) is 4.98 Å². The van der Waals surface area contributed by atoms with Crippen molar-refractivity contribution in [2.45, 2.75) is 13.1 Å². The number of carbonyl (C=O) groups excluding carboxylic acids is 1. The van der Waals surface area contributed by atoms with Crippen molar-refractivity contribution in [1.29, 1.82) is 0 Å². The topological polar surface area (TPSA) is 59.2 Å². The smallest absolute Gasteiger partial charge is 0.266 e. The zero-order valence-corrected chi connectivity index (χ0v) is 16.7. The van der Waals surface area contributed by atoms with Crippen molar-refractivity contribution in [2.24, 2.45) is 0 Å². The van der Waals surface area contributed by atoms with Crippen molar-refractivity contribution < 1.29 is 4.79 Å². The second-order valence-corrected chi connectivity index (χ2v) is 7.76. The Labute approximate surface area is 174 Å². The maximum Gasteiger partial charge on any atom is 0.266 e. The minimum absolute atomic E-state index is 0.0641. The van der Waals surface area contributed by atoms with Gasteiger partial charge in [-0.25, -0.2) is 4.98 Å². The Kier molecular flexibility index (Phi) is 5.68. The van der Waals surface area contributed by atoms with Gasteiger partial charge in [0, 0.05) is 18.7 Å². The van der Waals surface area contributed by atoms with Gasteiger partial charge in [0.1, 0.15) is 4.88 Å². The van der Waals surface area contributed by atoms with Gasteiger partial charge in [0.25, 0.3) is 5.91 Å². The first-order valence-electron chi connectivity index (χ1n) is 9.39.